The van der Waals surface area contributed by atoms with E-state index in [2.05, 4.69) is 10.6 Å². The number of hydrogen-bond donors (Lipinski definition) is 4. The minimum Gasteiger partial charge on any atom is -0.392 e. The lowest BCUT2D eigenvalue weighted by atomic mass is 10.2. The molecule has 0 fully saturated rings. The number of anilines is 2. The monoisotopic (exact) mass is 224 g/mol. The highest BCUT2D eigenvalue weighted by atomic mass is 16.3. The van der Waals surface area contributed by atoms with Gasteiger partial charge in [-0.1, -0.05) is 12.1 Å². The number of hydrogen-bond acceptors (Lipinski definition) is 4. The Hall–Kier alpha value is -1.26. The first-order chi connectivity index (χ1) is 7.59. The molecule has 0 aliphatic rings. The Bertz CT molecular complexity index is 283. The lowest BCUT2D eigenvalue weighted by molar-refractivity contribution is 0.207. The highest BCUT2D eigenvalue weighted by Crippen LogP contribution is 2.20. The summed E-state index contributed by atoms with van der Waals surface area (Å²) in [5, 5.41) is 24.7. The molecule has 0 spiro atoms. The van der Waals surface area contributed by atoms with E-state index in [0.717, 1.165) is 11.4 Å². The second kappa shape index (κ2) is 6.35. The first kappa shape index (κ1) is 12.8. The molecular formula is C12H20N2O2. The molecule has 0 heterocycles. The lowest BCUT2D eigenvalue weighted by Crippen LogP contribution is -2.19. The molecular weight excluding hydrogens is 204 g/mol. The molecule has 2 unspecified atom stereocenters. The summed E-state index contributed by atoms with van der Waals surface area (Å²) in [5.41, 5.74) is 1.87. The number of benzene rings is 1. The van der Waals surface area contributed by atoms with Crippen LogP contribution in [0.25, 0.3) is 0 Å². The van der Waals surface area contributed by atoms with Gasteiger partial charge in [0.25, 0.3) is 0 Å². The highest BCUT2D eigenvalue weighted by molar-refractivity contribution is 5.68. The summed E-state index contributed by atoms with van der Waals surface area (Å²) in [6.07, 6.45) is -0.769. The van der Waals surface area contributed by atoms with Crippen LogP contribution in [0.4, 0.5) is 11.4 Å². The maximum atomic E-state index is 9.20. The van der Waals surface area contributed by atoms with Crippen LogP contribution in [0.5, 0.6) is 0 Å². The fourth-order valence-corrected chi connectivity index (χ4v) is 1.31. The van der Waals surface area contributed by atoms with Crippen LogP contribution in [0.15, 0.2) is 24.3 Å². The van der Waals surface area contributed by atoms with Crippen LogP contribution in [0, 0.1) is 0 Å². The Morgan fingerprint density at radius 1 is 0.938 bits per heavy atom. The van der Waals surface area contributed by atoms with E-state index in [1.165, 1.54) is 0 Å². The molecule has 0 aliphatic carbocycles. The number of aliphatic hydroxyl groups excluding tert-OH is 2. The Morgan fingerprint density at radius 2 is 1.31 bits per heavy atom. The number of nitrogens with one attached hydrogen (secondary N) is 2. The van der Waals surface area contributed by atoms with Crippen molar-refractivity contribution in [2.24, 2.45) is 0 Å². The first-order valence-electron chi connectivity index (χ1n) is 5.52. The number of para-hydroxylation sites is 2. The van der Waals surface area contributed by atoms with Gasteiger partial charge in [-0.25, -0.2) is 0 Å². The molecule has 1 aromatic carbocycles. The summed E-state index contributed by atoms with van der Waals surface area (Å²) in [5.74, 6) is 0. The van der Waals surface area contributed by atoms with Gasteiger partial charge in [-0.2, -0.15) is 0 Å². The average molecular weight is 224 g/mol. The standard InChI is InChI=1S/C12H20N2O2/c1-9(15)7-13-11-5-3-4-6-12(11)14-8-10(2)16/h3-6,9-10,13-16H,7-8H2,1-2H3. The van der Waals surface area contributed by atoms with Gasteiger partial charge in [0, 0.05) is 13.1 Å². The zero-order valence-electron chi connectivity index (χ0n) is 9.77. The molecule has 4 N–H and O–H groups in total. The fraction of sp³-hybridized carbons (Fsp3) is 0.500. The average Bonchev–Trinajstić information content (AvgIpc) is 2.24. The summed E-state index contributed by atoms with van der Waals surface area (Å²) < 4.78 is 0. The maximum absolute atomic E-state index is 9.20. The van der Waals surface area contributed by atoms with Crippen LogP contribution in [0.1, 0.15) is 13.8 Å². The number of rotatable bonds is 6. The predicted octanol–water partition coefficient (Wildman–Crippen LogP) is 1.27. The Balaban J connectivity index is 2.60. The van der Waals surface area contributed by atoms with Gasteiger partial charge >= 0.3 is 0 Å². The molecule has 0 bridgehead atoms. The Morgan fingerprint density at radius 3 is 1.62 bits per heavy atom. The first-order valence-corrected chi connectivity index (χ1v) is 5.52. The van der Waals surface area contributed by atoms with Crippen molar-refractivity contribution in [3.05, 3.63) is 24.3 Å². The molecule has 90 valence electrons. The maximum Gasteiger partial charge on any atom is 0.0684 e. The molecule has 0 saturated heterocycles. The van der Waals surface area contributed by atoms with E-state index in [9.17, 15) is 10.2 Å². The van der Waals surface area contributed by atoms with E-state index in [1.807, 2.05) is 24.3 Å². The van der Waals surface area contributed by atoms with E-state index in [0.29, 0.717) is 13.1 Å². The van der Waals surface area contributed by atoms with Gasteiger partial charge in [0.2, 0.25) is 0 Å². The van der Waals surface area contributed by atoms with Gasteiger partial charge in [-0.05, 0) is 26.0 Å². The Kier molecular flexibility index (Phi) is 5.08. The van der Waals surface area contributed by atoms with Crippen molar-refractivity contribution in [2.75, 3.05) is 23.7 Å². The molecule has 2 atom stereocenters. The van der Waals surface area contributed by atoms with Crippen LogP contribution in [0.2, 0.25) is 0 Å². The third kappa shape index (κ3) is 4.51. The molecule has 0 saturated carbocycles. The molecule has 0 radical (unpaired) electrons. The van der Waals surface area contributed by atoms with Gasteiger partial charge in [-0.3, -0.25) is 0 Å². The highest BCUT2D eigenvalue weighted by Gasteiger charge is 2.03. The van der Waals surface area contributed by atoms with E-state index < -0.39 is 0 Å². The second-order valence-corrected chi connectivity index (χ2v) is 4.01. The van der Waals surface area contributed by atoms with Crippen molar-refractivity contribution in [1.29, 1.82) is 0 Å². The molecule has 0 aliphatic heterocycles. The van der Waals surface area contributed by atoms with Gasteiger partial charge < -0.3 is 20.8 Å². The summed E-state index contributed by atoms with van der Waals surface area (Å²) in [6, 6.07) is 7.73. The van der Waals surface area contributed by atoms with Crippen molar-refractivity contribution in [1.82, 2.24) is 0 Å². The zero-order valence-corrected chi connectivity index (χ0v) is 9.77. The van der Waals surface area contributed by atoms with Crippen molar-refractivity contribution in [3.63, 3.8) is 0 Å². The zero-order chi connectivity index (χ0) is 12.0. The SMILES string of the molecule is CC(O)CNc1ccccc1NCC(C)O. The van der Waals surface area contributed by atoms with Gasteiger partial charge in [0.15, 0.2) is 0 Å². The van der Waals surface area contributed by atoms with Crippen LogP contribution in [-0.4, -0.2) is 35.5 Å². The molecule has 4 nitrogen and oxygen atoms in total. The summed E-state index contributed by atoms with van der Waals surface area (Å²) >= 11 is 0. The number of aliphatic hydroxyl groups is 2. The van der Waals surface area contributed by atoms with Gasteiger partial charge in [-0.15, -0.1) is 0 Å². The van der Waals surface area contributed by atoms with Crippen LogP contribution < -0.4 is 10.6 Å². The Labute approximate surface area is 96.3 Å². The minimum atomic E-state index is -0.384. The quantitative estimate of drug-likeness (QED) is 0.587. The molecule has 0 amide bonds. The largest absolute Gasteiger partial charge is 0.392 e. The second-order valence-electron chi connectivity index (χ2n) is 4.01. The molecule has 16 heavy (non-hydrogen) atoms. The van der Waals surface area contributed by atoms with Crippen LogP contribution in [0.3, 0.4) is 0 Å². The summed E-state index contributed by atoms with van der Waals surface area (Å²) in [4.78, 5) is 0. The van der Waals surface area contributed by atoms with E-state index in [4.69, 9.17) is 0 Å². The van der Waals surface area contributed by atoms with E-state index >= 15 is 0 Å². The lowest BCUT2D eigenvalue weighted by Gasteiger charge is -2.15. The third-order valence-corrected chi connectivity index (χ3v) is 2.10. The van der Waals surface area contributed by atoms with E-state index in [-0.39, 0.29) is 12.2 Å². The van der Waals surface area contributed by atoms with E-state index in [1.54, 1.807) is 13.8 Å². The van der Waals surface area contributed by atoms with Crippen molar-refractivity contribution in [2.45, 2.75) is 26.1 Å². The van der Waals surface area contributed by atoms with Crippen molar-refractivity contribution in [3.8, 4) is 0 Å². The molecule has 4 heteroatoms. The smallest absolute Gasteiger partial charge is 0.0684 e. The normalized spacial score (nSPS) is 14.2. The molecule has 1 aromatic rings. The molecule has 0 aromatic heterocycles. The van der Waals surface area contributed by atoms with Crippen molar-refractivity contribution >= 4 is 11.4 Å². The molecule has 1 rings (SSSR count). The van der Waals surface area contributed by atoms with Gasteiger partial charge in [0.1, 0.15) is 0 Å². The predicted molar refractivity (Wildman–Crippen MR) is 66.8 cm³/mol. The van der Waals surface area contributed by atoms with Gasteiger partial charge in [0.05, 0.1) is 23.6 Å². The summed E-state index contributed by atoms with van der Waals surface area (Å²) in [6.45, 7) is 4.48. The minimum absolute atomic E-state index is 0.384. The third-order valence-electron chi connectivity index (χ3n) is 2.10. The van der Waals surface area contributed by atoms with Crippen molar-refractivity contribution < 1.29 is 10.2 Å². The summed E-state index contributed by atoms with van der Waals surface area (Å²) in [7, 11) is 0. The van der Waals surface area contributed by atoms with Crippen LogP contribution in [-0.2, 0) is 0 Å². The topological polar surface area (TPSA) is 64.5 Å². The fourth-order valence-electron chi connectivity index (χ4n) is 1.31. The van der Waals surface area contributed by atoms with Crippen LogP contribution >= 0.6 is 0 Å².